The molecule has 0 aliphatic rings. The highest BCUT2D eigenvalue weighted by Crippen LogP contribution is 2.45. The first-order valence-corrected chi connectivity index (χ1v) is 25.3. The van der Waals surface area contributed by atoms with Gasteiger partial charge in [-0.15, -0.1) is 38.2 Å². The third-order valence-electron chi connectivity index (χ3n) is 9.79. The maximum Gasteiger partial charge on any atom is 0.425 e. The second-order valence-electron chi connectivity index (χ2n) is 14.1. The molecule has 29 heteroatoms. The van der Waals surface area contributed by atoms with Crippen molar-refractivity contribution in [2.45, 2.75) is 19.6 Å². The molecule has 0 radical (unpaired) electrons. The summed E-state index contributed by atoms with van der Waals surface area (Å²) in [6.07, 6.45) is 0. The summed E-state index contributed by atoms with van der Waals surface area (Å²) in [5, 5.41) is 57.6. The number of phenolic OH excluding ortho intramolecular Hbond substituents is 3. The number of hydrogen-bond acceptors (Lipinski definition) is 20. The average molecular weight is 1040 g/mol. The molecule has 354 valence electrons. The normalized spacial score (nSPS) is 12.7. The van der Waals surface area contributed by atoms with Crippen LogP contribution in [-0.2, 0) is 51.1 Å². The van der Waals surface area contributed by atoms with E-state index in [1.54, 1.807) is 6.07 Å². The average Bonchev–Trinajstić information content (AvgIpc) is 3.25. The third kappa shape index (κ3) is 10.7. The molecule has 0 heterocycles. The predicted octanol–water partition coefficient (Wildman–Crippen LogP) is 8.65. The zero-order valence-corrected chi connectivity index (χ0v) is 37.9. The van der Waals surface area contributed by atoms with E-state index in [-0.39, 0.29) is 76.7 Å². The zero-order chi connectivity index (χ0) is 50.4. The molecule has 8 aromatic rings. The van der Waals surface area contributed by atoms with E-state index < -0.39 is 83.0 Å². The molecular formula is C40H26N6O18S5. The smallest absolute Gasteiger partial charge is 0.425 e. The van der Waals surface area contributed by atoms with Crippen LogP contribution in [0.4, 0.5) is 34.1 Å². The van der Waals surface area contributed by atoms with Crippen molar-refractivity contribution in [1.29, 1.82) is 0 Å². The summed E-state index contributed by atoms with van der Waals surface area (Å²) in [6, 6.07) is 23.1. The fraction of sp³-hybridized carbons (Fsp3) is 0. The van der Waals surface area contributed by atoms with Gasteiger partial charge in [0.1, 0.15) is 22.1 Å². The number of phenols is 3. The first-order valence-electron chi connectivity index (χ1n) is 18.5. The Hall–Kier alpha value is -7.74. The maximum absolute atomic E-state index is 12.2. The lowest BCUT2D eigenvalue weighted by molar-refractivity contribution is 0.468. The van der Waals surface area contributed by atoms with Gasteiger partial charge in [0.05, 0.1) is 59.6 Å². The minimum absolute atomic E-state index is 0.0191. The highest BCUT2D eigenvalue weighted by molar-refractivity contribution is 7.86. The summed E-state index contributed by atoms with van der Waals surface area (Å²) >= 11 is 0. The number of azo groups is 3. The van der Waals surface area contributed by atoms with Gasteiger partial charge >= 0.3 is 10.6 Å². The van der Waals surface area contributed by atoms with Crippen molar-refractivity contribution >= 4 is 128 Å². The highest BCUT2D eigenvalue weighted by Gasteiger charge is 2.21. The number of rotatable bonds is 10. The Balaban J connectivity index is 0.00000169. The molecule has 0 unspecified atom stereocenters. The number of aromatic hydroxyl groups is 3. The van der Waals surface area contributed by atoms with Crippen molar-refractivity contribution in [2.75, 3.05) is 0 Å². The number of nitrogens with zero attached hydrogens (tertiary/aromatic N) is 6. The van der Waals surface area contributed by atoms with Gasteiger partial charge < -0.3 is 15.3 Å². The number of benzene rings is 8. The van der Waals surface area contributed by atoms with Gasteiger partial charge in [-0.25, -0.2) is 0 Å². The molecule has 0 spiro atoms. The Morgan fingerprint density at radius 1 is 0.362 bits per heavy atom. The van der Waals surface area contributed by atoms with Crippen molar-refractivity contribution in [1.82, 2.24) is 0 Å². The molecule has 0 saturated carbocycles. The SMILES string of the molecule is O=S(=O)(O)c1ccc2c(N=Nc3ccc(N=Nc4ccc5cccc(S(=O)(=O)O)c5c4)c4c(O)cc(S(=O)(=O)O)cc34)ccc(N=Nc3ccc(O)c4cc(S(=O)(=O)O)cc(O)c34)c2c1.O=S(=O)=O. The molecule has 0 saturated heterocycles. The van der Waals surface area contributed by atoms with E-state index in [9.17, 15) is 67.2 Å². The van der Waals surface area contributed by atoms with Crippen LogP contribution in [-0.4, -0.2) is 79.8 Å². The fourth-order valence-corrected chi connectivity index (χ4v) is 9.10. The van der Waals surface area contributed by atoms with Crippen LogP contribution >= 0.6 is 0 Å². The van der Waals surface area contributed by atoms with E-state index in [1.807, 2.05) is 0 Å². The number of fused-ring (bicyclic) bond motifs is 4. The zero-order valence-electron chi connectivity index (χ0n) is 33.8. The molecule has 0 atom stereocenters. The van der Waals surface area contributed by atoms with Crippen LogP contribution < -0.4 is 0 Å². The Morgan fingerprint density at radius 3 is 1.36 bits per heavy atom. The standard InChI is InChI=1S/C40H26N6O15S4.O3S/c47-35-13-12-34(40-29(35)17-24(19-37(40)49)64(56,57)58)46-43-31-9-8-30(25-7-6-22(15-27(25)31)62(50,51)52)42-44-32-10-11-33(39-28(32)16-23(18-36(39)48)63(53,54)55)45-41-21-5-4-20-2-1-3-38(26(20)14-21)65(59,60)61;1-4(2)3/h1-19,47-49H,(H,50,51,52)(H,53,54,55)(H,56,57,58)(H,59,60,61);. The van der Waals surface area contributed by atoms with Crippen molar-refractivity contribution in [2.24, 2.45) is 30.7 Å². The molecule has 69 heavy (non-hydrogen) atoms. The van der Waals surface area contributed by atoms with Gasteiger partial charge in [-0.3, -0.25) is 18.2 Å². The Bertz CT molecular complexity index is 4190. The van der Waals surface area contributed by atoms with Crippen LogP contribution in [0.3, 0.4) is 0 Å². The molecule has 0 aliphatic heterocycles. The lowest BCUT2D eigenvalue weighted by Crippen LogP contribution is -1.98. The molecule has 0 aliphatic carbocycles. The van der Waals surface area contributed by atoms with E-state index in [4.69, 9.17) is 12.6 Å². The van der Waals surface area contributed by atoms with Crippen LogP contribution in [0, 0.1) is 0 Å². The molecule has 7 N–H and O–H groups in total. The minimum Gasteiger partial charge on any atom is -0.507 e. The largest absolute Gasteiger partial charge is 0.507 e. The molecule has 8 rings (SSSR count). The van der Waals surface area contributed by atoms with Crippen LogP contribution in [0.5, 0.6) is 17.2 Å². The van der Waals surface area contributed by atoms with Gasteiger partial charge in [0.2, 0.25) is 0 Å². The molecule has 24 nitrogen and oxygen atoms in total. The Labute approximate surface area is 389 Å². The monoisotopic (exact) mass is 1040 g/mol. The van der Waals surface area contributed by atoms with Crippen molar-refractivity contribution in [3.05, 3.63) is 115 Å². The van der Waals surface area contributed by atoms with Gasteiger partial charge in [0.25, 0.3) is 40.5 Å². The summed E-state index contributed by atoms with van der Waals surface area (Å²) < 4.78 is 161. The summed E-state index contributed by atoms with van der Waals surface area (Å²) in [4.78, 5) is -2.39. The van der Waals surface area contributed by atoms with Crippen molar-refractivity contribution in [3.63, 3.8) is 0 Å². The van der Waals surface area contributed by atoms with Gasteiger partial charge in [0.15, 0.2) is 0 Å². The lowest BCUT2D eigenvalue weighted by atomic mass is 10.1. The summed E-state index contributed by atoms with van der Waals surface area (Å²) in [5.41, 5.74) is -0.123. The maximum atomic E-state index is 12.2. The van der Waals surface area contributed by atoms with Crippen molar-refractivity contribution < 1.29 is 79.8 Å². The van der Waals surface area contributed by atoms with Gasteiger partial charge in [-0.1, -0.05) is 24.3 Å². The molecule has 0 aromatic heterocycles. The minimum atomic E-state index is -4.91. The van der Waals surface area contributed by atoms with E-state index in [0.29, 0.717) is 5.39 Å². The second kappa shape index (κ2) is 18.4. The highest BCUT2D eigenvalue weighted by atomic mass is 32.2. The van der Waals surface area contributed by atoms with Crippen molar-refractivity contribution in [3.8, 4) is 17.2 Å². The number of hydrogen-bond donors (Lipinski definition) is 7. The van der Waals surface area contributed by atoms with Crippen LogP contribution in [0.2, 0.25) is 0 Å². The van der Waals surface area contributed by atoms with E-state index in [0.717, 1.165) is 42.5 Å². The summed E-state index contributed by atoms with van der Waals surface area (Å²) in [6.45, 7) is 0. The van der Waals surface area contributed by atoms with Gasteiger partial charge in [-0.05, 0) is 84.2 Å². The Morgan fingerprint density at radius 2 is 0.812 bits per heavy atom. The molecular weight excluding hydrogens is 1010 g/mol. The van der Waals surface area contributed by atoms with Crippen LogP contribution in [0.1, 0.15) is 0 Å². The van der Waals surface area contributed by atoms with Crippen LogP contribution in [0.25, 0.3) is 43.1 Å². The molecule has 0 bridgehead atoms. The second-order valence-corrected chi connectivity index (χ2v) is 20.2. The van der Waals surface area contributed by atoms with E-state index in [2.05, 4.69) is 30.7 Å². The summed E-state index contributed by atoms with van der Waals surface area (Å²) in [7, 11) is -22.2. The fourth-order valence-electron chi connectivity index (χ4n) is 6.84. The van der Waals surface area contributed by atoms with Gasteiger partial charge in [-0.2, -0.15) is 38.8 Å². The summed E-state index contributed by atoms with van der Waals surface area (Å²) in [5.74, 6) is -1.86. The lowest BCUT2D eigenvalue weighted by Gasteiger charge is -2.10. The van der Waals surface area contributed by atoms with Gasteiger partial charge in [0, 0.05) is 39.1 Å². The molecule has 0 fully saturated rings. The molecule has 0 amide bonds. The predicted molar refractivity (Wildman–Crippen MR) is 242 cm³/mol. The van der Waals surface area contributed by atoms with Crippen LogP contribution in [0.15, 0.2) is 166 Å². The first kappa shape index (κ1) is 49.2. The first-order chi connectivity index (χ1) is 32.2. The van der Waals surface area contributed by atoms with E-state index in [1.165, 1.54) is 66.7 Å². The Kier molecular flexibility index (Phi) is 13.1. The third-order valence-corrected chi connectivity index (χ3v) is 13.2. The quantitative estimate of drug-likeness (QED) is 0.0497. The topological polar surface area (TPSA) is 404 Å². The van der Waals surface area contributed by atoms with E-state index >= 15 is 0 Å². The molecule has 8 aromatic carbocycles.